The van der Waals surface area contributed by atoms with Gasteiger partial charge in [0, 0.05) is 38.9 Å². The van der Waals surface area contributed by atoms with Gasteiger partial charge in [-0.25, -0.2) is 4.98 Å². The molecule has 138 valence electrons. The molecule has 4 rings (SSSR count). The van der Waals surface area contributed by atoms with E-state index in [1.165, 1.54) is 30.1 Å². The van der Waals surface area contributed by atoms with Gasteiger partial charge in [-0.1, -0.05) is 0 Å². The van der Waals surface area contributed by atoms with Gasteiger partial charge in [-0.15, -0.1) is 0 Å². The van der Waals surface area contributed by atoms with E-state index in [4.69, 9.17) is 4.98 Å². The molecule has 0 unspecified atom stereocenters. The minimum atomic E-state index is 0.291. The molecule has 1 aromatic rings. The minimum Gasteiger partial charge on any atom is -0.339 e. The van der Waals surface area contributed by atoms with Crippen LogP contribution in [-0.4, -0.2) is 76.5 Å². The molecule has 2 fully saturated rings. The molecule has 0 aromatic carbocycles. The van der Waals surface area contributed by atoms with Gasteiger partial charge in [0.2, 0.25) is 5.91 Å². The van der Waals surface area contributed by atoms with Crippen molar-refractivity contribution in [3.8, 4) is 0 Å². The maximum atomic E-state index is 12.8. The van der Waals surface area contributed by atoms with Crippen molar-refractivity contribution in [2.45, 2.75) is 44.6 Å². The van der Waals surface area contributed by atoms with Crippen molar-refractivity contribution in [3.63, 3.8) is 0 Å². The average Bonchev–Trinajstić information content (AvgIpc) is 3.20. The number of carbonyl (C=O) groups is 1. The van der Waals surface area contributed by atoms with Crippen LogP contribution < -0.4 is 0 Å². The van der Waals surface area contributed by atoms with Crippen molar-refractivity contribution in [3.05, 3.63) is 17.2 Å². The number of nitrogens with zero attached hydrogens (tertiary/aromatic N) is 5. The first-order valence-electron chi connectivity index (χ1n) is 9.88. The summed E-state index contributed by atoms with van der Waals surface area (Å²) in [6, 6.07) is 0.312. The van der Waals surface area contributed by atoms with E-state index < -0.39 is 0 Å². The lowest BCUT2D eigenvalue weighted by Gasteiger charge is -2.34. The number of likely N-dealkylation sites (tertiary alicyclic amines) is 1. The predicted octanol–water partition coefficient (Wildman–Crippen LogP) is 1.21. The molecule has 1 aliphatic carbocycles. The van der Waals surface area contributed by atoms with E-state index in [0.29, 0.717) is 18.5 Å². The van der Waals surface area contributed by atoms with Crippen LogP contribution in [0.2, 0.25) is 0 Å². The lowest BCUT2D eigenvalue weighted by Crippen LogP contribution is -2.50. The molecule has 3 heterocycles. The summed E-state index contributed by atoms with van der Waals surface area (Å²) >= 11 is 0. The molecule has 0 saturated carbocycles. The van der Waals surface area contributed by atoms with Crippen LogP contribution in [0.25, 0.3) is 0 Å². The van der Waals surface area contributed by atoms with E-state index in [-0.39, 0.29) is 0 Å². The van der Waals surface area contributed by atoms with Gasteiger partial charge in [-0.05, 0) is 52.1 Å². The summed E-state index contributed by atoms with van der Waals surface area (Å²) < 4.78 is 2.33. The van der Waals surface area contributed by atoms with Crippen LogP contribution in [-0.2, 0) is 24.7 Å². The Morgan fingerprint density at radius 2 is 1.80 bits per heavy atom. The zero-order chi connectivity index (χ0) is 17.4. The summed E-state index contributed by atoms with van der Waals surface area (Å²) in [5.74, 6) is 1.48. The highest BCUT2D eigenvalue weighted by molar-refractivity contribution is 5.78. The molecular formula is C19H31N5O. The third kappa shape index (κ3) is 3.34. The number of imidazole rings is 1. The van der Waals surface area contributed by atoms with E-state index in [0.717, 1.165) is 58.4 Å². The Balaban J connectivity index is 1.46. The summed E-state index contributed by atoms with van der Waals surface area (Å²) in [7, 11) is 4.30. The Bertz CT molecular complexity index is 632. The molecule has 1 aromatic heterocycles. The molecule has 6 nitrogen and oxygen atoms in total. The number of piperazine rings is 1. The zero-order valence-electron chi connectivity index (χ0n) is 15.7. The number of aryl methyl sites for hydroxylation is 1. The van der Waals surface area contributed by atoms with Crippen molar-refractivity contribution in [1.29, 1.82) is 0 Å². The van der Waals surface area contributed by atoms with Gasteiger partial charge in [0.25, 0.3) is 0 Å². The summed E-state index contributed by atoms with van der Waals surface area (Å²) in [6.45, 7) is 5.27. The SMILES string of the molecule is CN1CCN(C(=O)CN2CCC[C@@H]2c2nc3c(n2C)CCCC3)CC1. The van der Waals surface area contributed by atoms with Crippen molar-refractivity contribution in [2.75, 3.05) is 46.3 Å². The number of rotatable bonds is 3. The highest BCUT2D eigenvalue weighted by Gasteiger charge is 2.33. The van der Waals surface area contributed by atoms with Crippen LogP contribution >= 0.6 is 0 Å². The molecule has 1 atom stereocenters. The molecule has 3 aliphatic rings. The third-order valence-electron chi connectivity index (χ3n) is 6.26. The molecule has 0 radical (unpaired) electrons. The summed E-state index contributed by atoms with van der Waals surface area (Å²) in [5.41, 5.74) is 2.74. The highest BCUT2D eigenvalue weighted by atomic mass is 16.2. The van der Waals surface area contributed by atoms with Crippen LogP contribution in [0.5, 0.6) is 0 Å². The first kappa shape index (κ1) is 17.0. The minimum absolute atomic E-state index is 0.291. The van der Waals surface area contributed by atoms with Crippen molar-refractivity contribution in [1.82, 2.24) is 24.3 Å². The molecule has 0 N–H and O–H groups in total. The topological polar surface area (TPSA) is 44.6 Å². The van der Waals surface area contributed by atoms with Crippen LogP contribution in [0, 0.1) is 0 Å². The van der Waals surface area contributed by atoms with Gasteiger partial charge >= 0.3 is 0 Å². The molecule has 2 saturated heterocycles. The Hall–Kier alpha value is -1.40. The van der Waals surface area contributed by atoms with Gasteiger partial charge in [-0.2, -0.15) is 0 Å². The maximum Gasteiger partial charge on any atom is 0.236 e. The molecular weight excluding hydrogens is 314 g/mol. The molecule has 25 heavy (non-hydrogen) atoms. The van der Waals surface area contributed by atoms with Crippen LogP contribution in [0.3, 0.4) is 0 Å². The Kier molecular flexibility index (Phi) is 4.82. The predicted molar refractivity (Wildman–Crippen MR) is 97.5 cm³/mol. The van der Waals surface area contributed by atoms with E-state index in [2.05, 4.69) is 28.5 Å². The number of hydrogen-bond acceptors (Lipinski definition) is 4. The van der Waals surface area contributed by atoms with Gasteiger partial charge in [0.15, 0.2) is 0 Å². The fourth-order valence-electron chi connectivity index (χ4n) is 4.64. The summed E-state index contributed by atoms with van der Waals surface area (Å²) in [6.07, 6.45) is 7.11. The Morgan fingerprint density at radius 1 is 1.04 bits per heavy atom. The standard InChI is InChI=1S/C19H31N5O/c1-21-10-12-23(13-11-21)18(25)14-24-9-5-8-17(24)19-20-15-6-3-4-7-16(15)22(19)2/h17H,3-14H2,1-2H3/t17-/m1/s1. The lowest BCUT2D eigenvalue weighted by atomic mass is 10.0. The van der Waals surface area contributed by atoms with Crippen molar-refractivity contribution >= 4 is 5.91 Å². The Labute approximate surface area is 150 Å². The van der Waals surface area contributed by atoms with Gasteiger partial charge in [-0.3, -0.25) is 9.69 Å². The van der Waals surface area contributed by atoms with Gasteiger partial charge in [0.1, 0.15) is 5.82 Å². The van der Waals surface area contributed by atoms with Gasteiger partial charge in [0.05, 0.1) is 18.3 Å². The third-order valence-corrected chi connectivity index (χ3v) is 6.26. The normalized spacial score (nSPS) is 25.4. The number of carbonyl (C=O) groups excluding carboxylic acids is 1. The fraction of sp³-hybridized carbons (Fsp3) is 0.789. The summed E-state index contributed by atoms with van der Waals surface area (Å²) in [4.78, 5) is 24.5. The molecule has 0 spiro atoms. The average molecular weight is 345 g/mol. The second-order valence-electron chi connectivity index (χ2n) is 7.94. The zero-order valence-corrected chi connectivity index (χ0v) is 15.7. The van der Waals surface area contributed by atoms with Crippen LogP contribution in [0.15, 0.2) is 0 Å². The maximum absolute atomic E-state index is 12.8. The fourth-order valence-corrected chi connectivity index (χ4v) is 4.64. The second kappa shape index (κ2) is 7.08. The van der Waals surface area contributed by atoms with Crippen molar-refractivity contribution < 1.29 is 4.79 Å². The number of fused-ring (bicyclic) bond motifs is 1. The van der Waals surface area contributed by atoms with E-state index in [1.54, 1.807) is 0 Å². The second-order valence-corrected chi connectivity index (χ2v) is 7.94. The monoisotopic (exact) mass is 345 g/mol. The lowest BCUT2D eigenvalue weighted by molar-refractivity contribution is -0.134. The summed E-state index contributed by atoms with van der Waals surface area (Å²) in [5, 5.41) is 0. The van der Waals surface area contributed by atoms with Crippen molar-refractivity contribution in [2.24, 2.45) is 7.05 Å². The number of aromatic nitrogens is 2. The van der Waals surface area contributed by atoms with Gasteiger partial charge < -0.3 is 14.4 Å². The Morgan fingerprint density at radius 3 is 2.56 bits per heavy atom. The smallest absolute Gasteiger partial charge is 0.236 e. The van der Waals surface area contributed by atoms with Crippen LogP contribution in [0.1, 0.15) is 48.9 Å². The van der Waals surface area contributed by atoms with E-state index in [1.807, 2.05) is 4.90 Å². The number of amides is 1. The first-order chi connectivity index (χ1) is 12.1. The molecule has 2 aliphatic heterocycles. The highest BCUT2D eigenvalue weighted by Crippen LogP contribution is 2.33. The van der Waals surface area contributed by atoms with E-state index in [9.17, 15) is 4.79 Å². The number of hydrogen-bond donors (Lipinski definition) is 0. The molecule has 1 amide bonds. The first-order valence-corrected chi connectivity index (χ1v) is 9.88. The largest absolute Gasteiger partial charge is 0.339 e. The molecule has 6 heteroatoms. The quantitative estimate of drug-likeness (QED) is 0.826. The van der Waals surface area contributed by atoms with Crippen LogP contribution in [0.4, 0.5) is 0 Å². The number of likely N-dealkylation sites (N-methyl/N-ethyl adjacent to an activating group) is 1. The molecule has 0 bridgehead atoms. The van der Waals surface area contributed by atoms with E-state index >= 15 is 0 Å².